The summed E-state index contributed by atoms with van der Waals surface area (Å²) in [7, 11) is 0. The lowest BCUT2D eigenvalue weighted by Gasteiger charge is -2.04. The first-order valence-electron chi connectivity index (χ1n) is 4.91. The molecule has 4 heteroatoms. The number of ether oxygens (including phenoxy) is 1. The molecule has 0 bridgehead atoms. The molecule has 0 N–H and O–H groups in total. The van der Waals surface area contributed by atoms with Crippen LogP contribution in [-0.4, -0.2) is 5.97 Å². The summed E-state index contributed by atoms with van der Waals surface area (Å²) in [5.74, 6) is 2.20. The van der Waals surface area contributed by atoms with Gasteiger partial charge in [0.1, 0.15) is 5.02 Å². The normalized spacial score (nSPS) is 10.2. The number of hydrogen-bond donors (Lipinski definition) is 0. The smallest absolute Gasteiger partial charge is 0.335 e. The lowest BCUT2D eigenvalue weighted by molar-refractivity contribution is -0.129. The monoisotopic (exact) mass is 268 g/mol. The molecule has 2 nitrogen and oxygen atoms in total. The van der Waals surface area contributed by atoms with Gasteiger partial charge in [-0.25, -0.2) is 4.79 Å². The molecule has 0 atom stereocenters. The van der Waals surface area contributed by atoms with E-state index in [-0.39, 0.29) is 10.8 Å². The number of benzene rings is 1. The van der Waals surface area contributed by atoms with Gasteiger partial charge in [-0.05, 0) is 18.6 Å². The molecule has 0 aliphatic carbocycles. The Kier molecular flexibility index (Phi) is 5.62. The number of carbonyl (C=O) groups is 1. The molecular formula is C13H10Cl2O2. The van der Waals surface area contributed by atoms with Crippen LogP contribution in [0.1, 0.15) is 12.8 Å². The lowest BCUT2D eigenvalue weighted by Crippen LogP contribution is -2.04. The number of esters is 1. The van der Waals surface area contributed by atoms with Crippen molar-refractivity contribution in [1.82, 2.24) is 0 Å². The van der Waals surface area contributed by atoms with Crippen molar-refractivity contribution in [1.29, 1.82) is 0 Å². The topological polar surface area (TPSA) is 26.3 Å². The number of allylic oxidation sites excluding steroid dienone is 1. The van der Waals surface area contributed by atoms with Gasteiger partial charge in [-0.2, -0.15) is 0 Å². The summed E-state index contributed by atoms with van der Waals surface area (Å²) >= 11 is 11.6. The zero-order valence-electron chi connectivity index (χ0n) is 8.95. The van der Waals surface area contributed by atoms with Gasteiger partial charge in [-0.15, -0.1) is 12.3 Å². The number of carbonyl (C=O) groups excluding carboxylic acids is 1. The minimum atomic E-state index is -0.508. The van der Waals surface area contributed by atoms with E-state index < -0.39 is 5.97 Å². The number of terminal acetylenes is 1. The molecule has 88 valence electrons. The van der Waals surface area contributed by atoms with E-state index in [1.165, 1.54) is 6.08 Å². The van der Waals surface area contributed by atoms with E-state index >= 15 is 0 Å². The molecule has 0 heterocycles. The van der Waals surface area contributed by atoms with Gasteiger partial charge in [0, 0.05) is 12.5 Å². The van der Waals surface area contributed by atoms with Gasteiger partial charge in [0.05, 0.1) is 5.02 Å². The van der Waals surface area contributed by atoms with E-state index in [2.05, 4.69) is 5.92 Å². The molecule has 0 unspecified atom stereocenters. The van der Waals surface area contributed by atoms with E-state index in [9.17, 15) is 4.79 Å². The molecule has 1 aromatic carbocycles. The molecule has 0 amide bonds. The third-order valence-electron chi connectivity index (χ3n) is 1.84. The first kappa shape index (κ1) is 13.6. The van der Waals surface area contributed by atoms with Crippen LogP contribution >= 0.6 is 23.2 Å². The summed E-state index contributed by atoms with van der Waals surface area (Å²) in [6.45, 7) is 0. The van der Waals surface area contributed by atoms with Crippen molar-refractivity contribution < 1.29 is 9.53 Å². The van der Waals surface area contributed by atoms with E-state index in [4.69, 9.17) is 34.4 Å². The van der Waals surface area contributed by atoms with Gasteiger partial charge in [-0.1, -0.05) is 35.3 Å². The molecule has 17 heavy (non-hydrogen) atoms. The summed E-state index contributed by atoms with van der Waals surface area (Å²) < 4.78 is 5.01. The molecule has 0 saturated carbocycles. The van der Waals surface area contributed by atoms with Gasteiger partial charge in [0.15, 0.2) is 5.75 Å². The van der Waals surface area contributed by atoms with Crippen molar-refractivity contribution >= 4 is 29.2 Å². The summed E-state index contributed by atoms with van der Waals surface area (Å²) in [6, 6.07) is 4.84. The zero-order valence-corrected chi connectivity index (χ0v) is 10.5. The highest BCUT2D eigenvalue weighted by Gasteiger charge is 2.07. The first-order valence-corrected chi connectivity index (χ1v) is 5.66. The standard InChI is InChI=1S/C13H10Cl2O2/c1-2-3-4-5-9-12(16)17-11-8-6-7-10(14)13(11)15/h1,5-9H,3-4H2/b9-5+. The highest BCUT2D eigenvalue weighted by atomic mass is 35.5. The average Bonchev–Trinajstić information content (AvgIpc) is 2.31. The van der Waals surface area contributed by atoms with Gasteiger partial charge >= 0.3 is 5.97 Å². The Morgan fingerprint density at radius 1 is 1.47 bits per heavy atom. The second-order valence-corrected chi connectivity index (χ2v) is 3.90. The lowest BCUT2D eigenvalue weighted by atomic mass is 10.3. The van der Waals surface area contributed by atoms with E-state index in [1.54, 1.807) is 24.3 Å². The fraction of sp³-hybridized carbons (Fsp3) is 0.154. The Morgan fingerprint density at radius 2 is 2.24 bits per heavy atom. The van der Waals surface area contributed by atoms with Gasteiger partial charge in [-0.3, -0.25) is 0 Å². The molecular weight excluding hydrogens is 259 g/mol. The van der Waals surface area contributed by atoms with Crippen LogP contribution in [0.15, 0.2) is 30.4 Å². The summed E-state index contributed by atoms with van der Waals surface area (Å²) in [6.07, 6.45) is 9.26. The van der Waals surface area contributed by atoms with Crippen LogP contribution in [0.3, 0.4) is 0 Å². The third-order valence-corrected chi connectivity index (χ3v) is 2.64. The minimum Gasteiger partial charge on any atom is -0.422 e. The molecule has 0 radical (unpaired) electrons. The summed E-state index contributed by atoms with van der Waals surface area (Å²) in [5.41, 5.74) is 0. The summed E-state index contributed by atoms with van der Waals surface area (Å²) in [4.78, 5) is 11.4. The number of rotatable bonds is 4. The van der Waals surface area contributed by atoms with Crippen LogP contribution in [0.4, 0.5) is 0 Å². The largest absolute Gasteiger partial charge is 0.422 e. The van der Waals surface area contributed by atoms with Crippen LogP contribution in [0.2, 0.25) is 10.0 Å². The average molecular weight is 269 g/mol. The second-order valence-electron chi connectivity index (χ2n) is 3.12. The molecule has 0 spiro atoms. The van der Waals surface area contributed by atoms with Crippen molar-refractivity contribution in [2.45, 2.75) is 12.8 Å². The Balaban J connectivity index is 2.60. The Morgan fingerprint density at radius 3 is 2.94 bits per heavy atom. The molecule has 0 saturated heterocycles. The zero-order chi connectivity index (χ0) is 12.7. The van der Waals surface area contributed by atoms with Gasteiger partial charge in [0.2, 0.25) is 0 Å². The first-order chi connectivity index (χ1) is 8.15. The minimum absolute atomic E-state index is 0.222. The van der Waals surface area contributed by atoms with Crippen LogP contribution in [0.5, 0.6) is 5.75 Å². The van der Waals surface area contributed by atoms with Crippen LogP contribution < -0.4 is 4.74 Å². The fourth-order valence-electron chi connectivity index (χ4n) is 1.05. The van der Waals surface area contributed by atoms with Gasteiger partial charge in [0.25, 0.3) is 0 Å². The van der Waals surface area contributed by atoms with Crippen LogP contribution in [0, 0.1) is 12.3 Å². The maximum Gasteiger partial charge on any atom is 0.335 e. The molecule has 0 aromatic heterocycles. The Hall–Kier alpha value is -1.43. The third kappa shape index (κ3) is 4.52. The van der Waals surface area contributed by atoms with Crippen LogP contribution in [0.25, 0.3) is 0 Å². The second kappa shape index (κ2) is 7.01. The van der Waals surface area contributed by atoms with Gasteiger partial charge < -0.3 is 4.74 Å². The molecule has 1 rings (SSSR count). The van der Waals surface area contributed by atoms with E-state index in [1.807, 2.05) is 0 Å². The van der Waals surface area contributed by atoms with E-state index in [0.29, 0.717) is 17.9 Å². The molecule has 0 fully saturated rings. The molecule has 0 aliphatic rings. The number of hydrogen-bond acceptors (Lipinski definition) is 2. The Labute approximate surface area is 110 Å². The van der Waals surface area contributed by atoms with Crippen LogP contribution in [-0.2, 0) is 4.79 Å². The quantitative estimate of drug-likeness (QED) is 0.273. The Bertz CT molecular complexity index is 473. The highest BCUT2D eigenvalue weighted by Crippen LogP contribution is 2.31. The van der Waals surface area contributed by atoms with Crippen molar-refractivity contribution in [3.05, 3.63) is 40.4 Å². The van der Waals surface area contributed by atoms with Crippen molar-refractivity contribution in [2.24, 2.45) is 0 Å². The maximum absolute atomic E-state index is 11.4. The fourth-order valence-corrected chi connectivity index (χ4v) is 1.38. The van der Waals surface area contributed by atoms with Crippen molar-refractivity contribution in [3.63, 3.8) is 0 Å². The summed E-state index contributed by atoms with van der Waals surface area (Å²) in [5, 5.41) is 0.563. The van der Waals surface area contributed by atoms with Crippen molar-refractivity contribution in [3.8, 4) is 18.1 Å². The maximum atomic E-state index is 11.4. The molecule has 0 aliphatic heterocycles. The predicted octanol–water partition coefficient (Wildman–Crippen LogP) is 3.87. The number of halogens is 2. The SMILES string of the molecule is C#CCC/C=C/C(=O)Oc1cccc(Cl)c1Cl. The van der Waals surface area contributed by atoms with Crippen molar-refractivity contribution in [2.75, 3.05) is 0 Å². The van der Waals surface area contributed by atoms with E-state index in [0.717, 1.165) is 0 Å². The highest BCUT2D eigenvalue weighted by molar-refractivity contribution is 6.43. The number of unbranched alkanes of at least 4 members (excludes halogenated alkanes) is 1. The predicted molar refractivity (Wildman–Crippen MR) is 69.3 cm³/mol. The molecule has 1 aromatic rings.